The van der Waals surface area contributed by atoms with Crippen LogP contribution in [-0.2, 0) is 4.74 Å². The van der Waals surface area contributed by atoms with E-state index in [1.165, 1.54) is 0 Å². The second-order valence-electron chi connectivity index (χ2n) is 7.26. The Hall–Kier alpha value is -2.37. The Morgan fingerprint density at radius 2 is 1.70 bits per heavy atom. The molecule has 0 radical (unpaired) electrons. The number of morpholine rings is 1. The monoisotopic (exact) mass is 365 g/mol. The predicted molar refractivity (Wildman–Crippen MR) is 109 cm³/mol. The third kappa shape index (κ3) is 3.99. The Morgan fingerprint density at radius 1 is 0.926 bits per heavy atom. The number of aryl methyl sites for hydroxylation is 1. The molecule has 0 atom stereocenters. The average molecular weight is 365 g/mol. The lowest BCUT2D eigenvalue weighted by Gasteiger charge is -2.39. The zero-order valence-corrected chi connectivity index (χ0v) is 15.9. The number of fused-ring (bicyclic) bond motifs is 1. The molecule has 0 spiro atoms. The van der Waals surface area contributed by atoms with Gasteiger partial charge in [0.05, 0.1) is 24.6 Å². The minimum atomic E-state index is 0.0824. The van der Waals surface area contributed by atoms with Crippen LogP contribution < -0.4 is 9.80 Å². The van der Waals surface area contributed by atoms with Gasteiger partial charge >= 0.3 is 0 Å². The number of hydrogen-bond donors (Lipinski definition) is 0. The summed E-state index contributed by atoms with van der Waals surface area (Å²) in [5.41, 5.74) is 4.03. The molecule has 4 rings (SSSR count). The molecule has 2 aromatic carbocycles. The van der Waals surface area contributed by atoms with E-state index in [1.807, 2.05) is 42.2 Å². The average Bonchev–Trinajstić information content (AvgIpc) is 2.72. The smallest absolute Gasteiger partial charge is 0.258 e. The number of nitrogens with zero attached hydrogens (tertiary/aromatic N) is 3. The van der Waals surface area contributed by atoms with Crippen LogP contribution in [0.15, 0.2) is 48.5 Å². The van der Waals surface area contributed by atoms with Crippen molar-refractivity contribution in [2.75, 3.05) is 62.3 Å². The molecular formula is C22H27N3O2. The van der Waals surface area contributed by atoms with Crippen molar-refractivity contribution in [1.82, 2.24) is 4.90 Å². The molecule has 1 amide bonds. The van der Waals surface area contributed by atoms with Gasteiger partial charge in [-0.1, -0.05) is 29.8 Å². The molecule has 0 aliphatic carbocycles. The second kappa shape index (κ2) is 8.11. The number of amides is 1. The van der Waals surface area contributed by atoms with Gasteiger partial charge in [0.2, 0.25) is 0 Å². The Balaban J connectivity index is 1.51. The van der Waals surface area contributed by atoms with Crippen molar-refractivity contribution in [1.29, 1.82) is 0 Å². The number of benzene rings is 2. The molecule has 1 saturated heterocycles. The van der Waals surface area contributed by atoms with Gasteiger partial charge in [-0.15, -0.1) is 0 Å². The highest BCUT2D eigenvalue weighted by Crippen LogP contribution is 2.33. The summed E-state index contributed by atoms with van der Waals surface area (Å²) in [6.07, 6.45) is 0. The molecule has 0 bridgehead atoms. The summed E-state index contributed by atoms with van der Waals surface area (Å²) in [5, 5.41) is 0. The Morgan fingerprint density at radius 3 is 2.48 bits per heavy atom. The van der Waals surface area contributed by atoms with Crippen LogP contribution in [0.3, 0.4) is 0 Å². The van der Waals surface area contributed by atoms with Gasteiger partial charge in [0.15, 0.2) is 0 Å². The highest BCUT2D eigenvalue weighted by Gasteiger charge is 2.27. The number of carbonyl (C=O) groups is 1. The van der Waals surface area contributed by atoms with Gasteiger partial charge in [0, 0.05) is 44.8 Å². The van der Waals surface area contributed by atoms with Crippen LogP contribution in [0.4, 0.5) is 11.4 Å². The Bertz CT molecular complexity index is 802. The maximum Gasteiger partial charge on any atom is 0.258 e. The van der Waals surface area contributed by atoms with Gasteiger partial charge in [-0.3, -0.25) is 9.69 Å². The fourth-order valence-electron chi connectivity index (χ4n) is 3.89. The maximum atomic E-state index is 13.1. The first kappa shape index (κ1) is 18.0. The van der Waals surface area contributed by atoms with Gasteiger partial charge in [-0.05, 0) is 31.2 Å². The first-order valence-electron chi connectivity index (χ1n) is 9.75. The standard InChI is InChI=1S/C22H27N3O2/c1-18-5-4-6-19(17-18)22(26)25-12-11-24(20-7-2-3-8-21(20)25)10-9-23-13-15-27-16-14-23/h2-8,17H,9-16H2,1H3. The molecule has 142 valence electrons. The summed E-state index contributed by atoms with van der Waals surface area (Å²) in [7, 11) is 0. The van der Waals surface area contributed by atoms with Crippen LogP contribution in [0.25, 0.3) is 0 Å². The van der Waals surface area contributed by atoms with E-state index in [4.69, 9.17) is 4.74 Å². The number of hydrogen-bond acceptors (Lipinski definition) is 4. The van der Waals surface area contributed by atoms with Crippen molar-refractivity contribution >= 4 is 17.3 Å². The topological polar surface area (TPSA) is 36.0 Å². The third-order valence-corrected chi connectivity index (χ3v) is 5.41. The van der Waals surface area contributed by atoms with E-state index in [9.17, 15) is 4.79 Å². The lowest BCUT2D eigenvalue weighted by atomic mass is 10.1. The van der Waals surface area contributed by atoms with E-state index in [2.05, 4.69) is 28.0 Å². The zero-order valence-electron chi connectivity index (χ0n) is 15.9. The Kier molecular flexibility index (Phi) is 5.41. The van der Waals surface area contributed by atoms with E-state index in [0.29, 0.717) is 6.54 Å². The van der Waals surface area contributed by atoms with Gasteiger partial charge in [-0.2, -0.15) is 0 Å². The third-order valence-electron chi connectivity index (χ3n) is 5.41. The lowest BCUT2D eigenvalue weighted by molar-refractivity contribution is 0.0391. The molecule has 2 aromatic rings. The van der Waals surface area contributed by atoms with Gasteiger partial charge in [0.1, 0.15) is 0 Å². The summed E-state index contributed by atoms with van der Waals surface area (Å²) in [5.74, 6) is 0.0824. The van der Waals surface area contributed by atoms with Crippen LogP contribution in [0.5, 0.6) is 0 Å². The summed E-state index contributed by atoms with van der Waals surface area (Å²) in [6, 6.07) is 16.1. The number of carbonyl (C=O) groups excluding carboxylic acids is 1. The largest absolute Gasteiger partial charge is 0.379 e. The number of para-hydroxylation sites is 2. The van der Waals surface area contributed by atoms with Crippen LogP contribution >= 0.6 is 0 Å². The fraction of sp³-hybridized carbons (Fsp3) is 0.409. The minimum Gasteiger partial charge on any atom is -0.379 e. The first-order valence-corrected chi connectivity index (χ1v) is 9.75. The molecular weight excluding hydrogens is 338 g/mol. The number of anilines is 2. The lowest BCUT2D eigenvalue weighted by Crippen LogP contribution is -2.47. The number of rotatable bonds is 4. The minimum absolute atomic E-state index is 0.0824. The predicted octanol–water partition coefficient (Wildman–Crippen LogP) is 2.79. The molecule has 27 heavy (non-hydrogen) atoms. The van der Waals surface area contributed by atoms with Gasteiger partial charge in [-0.25, -0.2) is 0 Å². The maximum absolute atomic E-state index is 13.1. The summed E-state index contributed by atoms with van der Waals surface area (Å²) < 4.78 is 5.44. The van der Waals surface area contributed by atoms with Crippen molar-refractivity contribution in [3.05, 3.63) is 59.7 Å². The van der Waals surface area contributed by atoms with Crippen LogP contribution in [0, 0.1) is 6.92 Å². The van der Waals surface area contributed by atoms with E-state index >= 15 is 0 Å². The van der Waals surface area contributed by atoms with Crippen LogP contribution in [0.1, 0.15) is 15.9 Å². The van der Waals surface area contributed by atoms with E-state index in [0.717, 1.165) is 68.4 Å². The normalized spacial score (nSPS) is 17.7. The molecule has 0 saturated carbocycles. The van der Waals surface area contributed by atoms with Gasteiger partial charge < -0.3 is 14.5 Å². The molecule has 2 heterocycles. The molecule has 2 aliphatic heterocycles. The van der Waals surface area contributed by atoms with Crippen molar-refractivity contribution < 1.29 is 9.53 Å². The van der Waals surface area contributed by atoms with E-state index < -0.39 is 0 Å². The summed E-state index contributed by atoms with van der Waals surface area (Å²) in [6.45, 7) is 9.28. The first-order chi connectivity index (χ1) is 13.2. The quantitative estimate of drug-likeness (QED) is 0.835. The van der Waals surface area contributed by atoms with Crippen LogP contribution in [-0.4, -0.2) is 63.3 Å². The van der Waals surface area contributed by atoms with Gasteiger partial charge in [0.25, 0.3) is 5.91 Å². The molecule has 0 unspecified atom stereocenters. The fourth-order valence-corrected chi connectivity index (χ4v) is 3.89. The highest BCUT2D eigenvalue weighted by molar-refractivity contribution is 6.08. The van der Waals surface area contributed by atoms with Crippen LogP contribution in [0.2, 0.25) is 0 Å². The van der Waals surface area contributed by atoms with E-state index in [-0.39, 0.29) is 5.91 Å². The van der Waals surface area contributed by atoms with Crippen molar-refractivity contribution in [3.63, 3.8) is 0 Å². The SMILES string of the molecule is Cc1cccc(C(=O)N2CCN(CCN3CCOCC3)c3ccccc32)c1. The zero-order chi connectivity index (χ0) is 18.6. The van der Waals surface area contributed by atoms with Crippen molar-refractivity contribution in [2.45, 2.75) is 6.92 Å². The molecule has 0 aromatic heterocycles. The Labute approximate surface area is 161 Å². The van der Waals surface area contributed by atoms with Crippen molar-refractivity contribution in [2.24, 2.45) is 0 Å². The molecule has 5 heteroatoms. The summed E-state index contributed by atoms with van der Waals surface area (Å²) in [4.78, 5) is 19.9. The molecule has 1 fully saturated rings. The molecule has 2 aliphatic rings. The highest BCUT2D eigenvalue weighted by atomic mass is 16.5. The second-order valence-corrected chi connectivity index (χ2v) is 7.26. The van der Waals surface area contributed by atoms with Crippen molar-refractivity contribution in [3.8, 4) is 0 Å². The molecule has 5 nitrogen and oxygen atoms in total. The molecule has 0 N–H and O–H groups in total. The van der Waals surface area contributed by atoms with E-state index in [1.54, 1.807) is 0 Å². The summed E-state index contributed by atoms with van der Waals surface area (Å²) >= 11 is 0. The number of ether oxygens (including phenoxy) is 1.